The molecule has 98 valence electrons. The zero-order chi connectivity index (χ0) is 13.0. The standard InChI is InChI=1S/C13H20N4O/c1-13(12(14)16-18)4-8-17(9-5-13)10-11-2-6-15-7-3-11/h2-3,6-7,18H,4-5,8-10H2,1H3,(H2,14,16). The summed E-state index contributed by atoms with van der Waals surface area (Å²) in [4.78, 5) is 6.41. The SMILES string of the molecule is CC1(/C(N)=N/O)CCN(Cc2ccncc2)CC1. The van der Waals surface area contributed by atoms with Crippen LogP contribution in [0.1, 0.15) is 25.3 Å². The quantitative estimate of drug-likeness (QED) is 0.367. The number of piperidine rings is 1. The van der Waals surface area contributed by atoms with Gasteiger partial charge in [0, 0.05) is 24.4 Å². The van der Waals surface area contributed by atoms with Gasteiger partial charge in [-0.25, -0.2) is 0 Å². The maximum atomic E-state index is 8.80. The van der Waals surface area contributed by atoms with E-state index in [0.717, 1.165) is 32.5 Å². The number of likely N-dealkylation sites (tertiary alicyclic amines) is 1. The van der Waals surface area contributed by atoms with Gasteiger partial charge in [-0.15, -0.1) is 0 Å². The van der Waals surface area contributed by atoms with Crippen LogP contribution >= 0.6 is 0 Å². The van der Waals surface area contributed by atoms with Crippen LogP contribution in [0.4, 0.5) is 0 Å². The van der Waals surface area contributed by atoms with E-state index < -0.39 is 0 Å². The molecule has 0 spiro atoms. The summed E-state index contributed by atoms with van der Waals surface area (Å²) < 4.78 is 0. The van der Waals surface area contributed by atoms with Gasteiger partial charge in [0.2, 0.25) is 0 Å². The first kappa shape index (κ1) is 12.8. The molecule has 0 bridgehead atoms. The number of oxime groups is 1. The van der Waals surface area contributed by atoms with Crippen molar-refractivity contribution in [1.82, 2.24) is 9.88 Å². The Morgan fingerprint density at radius 1 is 1.44 bits per heavy atom. The topological polar surface area (TPSA) is 74.7 Å². The predicted molar refractivity (Wildman–Crippen MR) is 70.3 cm³/mol. The lowest BCUT2D eigenvalue weighted by molar-refractivity contribution is 0.153. The minimum Gasteiger partial charge on any atom is -0.409 e. The average molecular weight is 248 g/mol. The van der Waals surface area contributed by atoms with Gasteiger partial charge in [-0.3, -0.25) is 9.88 Å². The molecular weight excluding hydrogens is 228 g/mol. The Labute approximate surface area is 107 Å². The second-order valence-electron chi connectivity index (χ2n) is 5.18. The molecule has 1 aliphatic rings. The zero-order valence-electron chi connectivity index (χ0n) is 10.7. The molecule has 0 unspecified atom stereocenters. The lowest BCUT2D eigenvalue weighted by atomic mass is 9.79. The summed E-state index contributed by atoms with van der Waals surface area (Å²) in [5.41, 5.74) is 6.87. The van der Waals surface area contributed by atoms with Crippen LogP contribution in [0.5, 0.6) is 0 Å². The van der Waals surface area contributed by atoms with E-state index in [1.165, 1.54) is 5.56 Å². The van der Waals surface area contributed by atoms with E-state index in [1.807, 2.05) is 24.5 Å². The van der Waals surface area contributed by atoms with Gasteiger partial charge in [-0.1, -0.05) is 12.1 Å². The van der Waals surface area contributed by atoms with E-state index in [1.54, 1.807) is 0 Å². The van der Waals surface area contributed by atoms with Crippen LogP contribution in [0.25, 0.3) is 0 Å². The Bertz CT molecular complexity index is 410. The monoisotopic (exact) mass is 248 g/mol. The normalized spacial score (nSPS) is 20.8. The highest BCUT2D eigenvalue weighted by molar-refractivity contribution is 5.85. The molecule has 5 heteroatoms. The maximum absolute atomic E-state index is 8.80. The van der Waals surface area contributed by atoms with E-state index in [-0.39, 0.29) is 5.41 Å². The van der Waals surface area contributed by atoms with Gasteiger partial charge >= 0.3 is 0 Å². The van der Waals surface area contributed by atoms with Crippen LogP contribution in [0.15, 0.2) is 29.7 Å². The first-order valence-corrected chi connectivity index (χ1v) is 6.23. The lowest BCUT2D eigenvalue weighted by Crippen LogP contribution is -2.45. The first-order chi connectivity index (χ1) is 8.64. The van der Waals surface area contributed by atoms with Crippen molar-refractivity contribution in [2.45, 2.75) is 26.3 Å². The predicted octanol–water partition coefficient (Wildman–Crippen LogP) is 1.43. The third kappa shape index (κ3) is 2.79. The van der Waals surface area contributed by atoms with E-state index in [4.69, 9.17) is 10.9 Å². The Hall–Kier alpha value is -1.62. The Balaban J connectivity index is 1.91. The van der Waals surface area contributed by atoms with Crippen LogP contribution in [-0.4, -0.2) is 34.0 Å². The van der Waals surface area contributed by atoms with Gasteiger partial charge in [-0.2, -0.15) is 0 Å². The summed E-state index contributed by atoms with van der Waals surface area (Å²) in [7, 11) is 0. The molecule has 1 saturated heterocycles. The van der Waals surface area contributed by atoms with Gasteiger partial charge in [-0.05, 0) is 43.6 Å². The molecule has 3 N–H and O–H groups in total. The van der Waals surface area contributed by atoms with Gasteiger partial charge in [0.15, 0.2) is 0 Å². The number of aromatic nitrogens is 1. The van der Waals surface area contributed by atoms with Gasteiger partial charge in [0.25, 0.3) is 0 Å². The van der Waals surface area contributed by atoms with Crippen molar-refractivity contribution >= 4 is 5.84 Å². The van der Waals surface area contributed by atoms with Gasteiger partial charge in [0.05, 0.1) is 0 Å². The van der Waals surface area contributed by atoms with Crippen LogP contribution < -0.4 is 5.73 Å². The van der Waals surface area contributed by atoms with Crippen molar-refractivity contribution in [2.24, 2.45) is 16.3 Å². The molecule has 1 aliphatic heterocycles. The highest BCUT2D eigenvalue weighted by Crippen LogP contribution is 2.31. The Morgan fingerprint density at radius 2 is 2.06 bits per heavy atom. The van der Waals surface area contributed by atoms with Crippen molar-refractivity contribution in [1.29, 1.82) is 0 Å². The highest BCUT2D eigenvalue weighted by atomic mass is 16.4. The van der Waals surface area contributed by atoms with Crippen LogP contribution in [-0.2, 0) is 6.54 Å². The van der Waals surface area contributed by atoms with Crippen molar-refractivity contribution in [3.05, 3.63) is 30.1 Å². The maximum Gasteiger partial charge on any atom is 0.145 e. The van der Waals surface area contributed by atoms with E-state index in [9.17, 15) is 0 Å². The fourth-order valence-electron chi connectivity index (χ4n) is 2.33. The number of hydrogen-bond acceptors (Lipinski definition) is 4. The molecule has 2 heterocycles. The molecule has 1 aromatic rings. The number of nitrogens with two attached hydrogens (primary N) is 1. The molecule has 5 nitrogen and oxygen atoms in total. The van der Waals surface area contributed by atoms with Crippen molar-refractivity contribution < 1.29 is 5.21 Å². The molecule has 2 rings (SSSR count). The summed E-state index contributed by atoms with van der Waals surface area (Å²) >= 11 is 0. The van der Waals surface area contributed by atoms with E-state index >= 15 is 0 Å². The molecule has 18 heavy (non-hydrogen) atoms. The second-order valence-corrected chi connectivity index (χ2v) is 5.18. The number of pyridine rings is 1. The van der Waals surface area contributed by atoms with Crippen molar-refractivity contribution in [2.75, 3.05) is 13.1 Å². The summed E-state index contributed by atoms with van der Waals surface area (Å²) in [5.74, 6) is 0.353. The molecule has 0 aliphatic carbocycles. The molecule has 1 aromatic heterocycles. The number of amidine groups is 1. The zero-order valence-corrected chi connectivity index (χ0v) is 10.7. The van der Waals surface area contributed by atoms with Gasteiger partial charge < -0.3 is 10.9 Å². The molecule has 0 saturated carbocycles. The second kappa shape index (κ2) is 5.35. The summed E-state index contributed by atoms with van der Waals surface area (Å²) in [5, 5.41) is 12.0. The Kier molecular flexibility index (Phi) is 3.81. The fraction of sp³-hybridized carbons (Fsp3) is 0.538. The van der Waals surface area contributed by atoms with Crippen LogP contribution in [0.3, 0.4) is 0 Å². The minimum atomic E-state index is -0.163. The molecule has 0 amide bonds. The molecule has 0 atom stereocenters. The largest absolute Gasteiger partial charge is 0.409 e. The number of hydrogen-bond donors (Lipinski definition) is 2. The third-order valence-electron chi connectivity index (χ3n) is 3.84. The molecule has 0 radical (unpaired) electrons. The molecule has 0 aromatic carbocycles. The van der Waals surface area contributed by atoms with E-state index in [0.29, 0.717) is 5.84 Å². The lowest BCUT2D eigenvalue weighted by Gasteiger charge is -2.38. The minimum absolute atomic E-state index is 0.163. The van der Waals surface area contributed by atoms with Crippen LogP contribution in [0.2, 0.25) is 0 Å². The molecule has 1 fully saturated rings. The summed E-state index contributed by atoms with van der Waals surface area (Å²) in [6, 6.07) is 4.08. The smallest absolute Gasteiger partial charge is 0.145 e. The number of nitrogens with zero attached hydrogens (tertiary/aromatic N) is 3. The summed E-state index contributed by atoms with van der Waals surface area (Å²) in [6.07, 6.45) is 5.49. The highest BCUT2D eigenvalue weighted by Gasteiger charge is 2.33. The fourth-order valence-corrected chi connectivity index (χ4v) is 2.33. The molecular formula is C13H20N4O. The average Bonchev–Trinajstić information content (AvgIpc) is 2.42. The van der Waals surface area contributed by atoms with Crippen molar-refractivity contribution in [3.63, 3.8) is 0 Å². The number of rotatable bonds is 3. The summed E-state index contributed by atoms with van der Waals surface area (Å²) in [6.45, 7) is 4.94. The van der Waals surface area contributed by atoms with Crippen molar-refractivity contribution in [3.8, 4) is 0 Å². The van der Waals surface area contributed by atoms with E-state index in [2.05, 4.69) is 22.0 Å². The Morgan fingerprint density at radius 3 is 2.61 bits per heavy atom. The first-order valence-electron chi connectivity index (χ1n) is 6.23. The van der Waals surface area contributed by atoms with Crippen LogP contribution in [0, 0.1) is 5.41 Å². The van der Waals surface area contributed by atoms with Gasteiger partial charge in [0.1, 0.15) is 5.84 Å². The third-order valence-corrected chi connectivity index (χ3v) is 3.84.